The highest BCUT2D eigenvalue weighted by Crippen LogP contribution is 2.67. The molecule has 62 heavy (non-hydrogen) atoms. The lowest BCUT2D eigenvalue weighted by molar-refractivity contribution is 0.793. The van der Waals surface area contributed by atoms with Gasteiger partial charge in [0.15, 0.2) is 0 Å². The van der Waals surface area contributed by atoms with E-state index in [2.05, 4.69) is 240 Å². The zero-order valence-electron chi connectivity index (χ0n) is 33.7. The predicted octanol–water partition coefficient (Wildman–Crippen LogP) is 16.5. The second-order valence-corrected chi connectivity index (χ2v) is 17.5. The van der Waals surface area contributed by atoms with Crippen molar-refractivity contribution in [3.63, 3.8) is 0 Å². The molecule has 11 aromatic rings. The predicted molar refractivity (Wildman–Crippen MR) is 263 cm³/mol. The molecule has 1 unspecified atom stereocenters. The first-order chi connectivity index (χ1) is 30.8. The van der Waals surface area contributed by atoms with Crippen molar-refractivity contribution in [2.24, 2.45) is 0 Å². The van der Waals surface area contributed by atoms with Crippen LogP contribution in [0.4, 0.5) is 34.1 Å². The molecule has 0 fully saturated rings. The standard InChI is InChI=1S/C59H38N2S/c1-4-19-40(20-5-1)60(41-21-6-2-7-22-41)43-33-35-53-50(37-43)46-26-12-15-29-51(46)59(53)52-30-16-13-28-49(52)57-45-25-11-10-18-39(45)36-54(58(57)59)61(42-23-8-3-9-24-42)44-32-34-48-47-27-14-17-31-55(47)62-56(48)38-44/h1-38H. The number of rotatable bonds is 6. The van der Waals surface area contributed by atoms with Crippen molar-refractivity contribution in [1.29, 1.82) is 0 Å². The lowest BCUT2D eigenvalue weighted by atomic mass is 9.69. The van der Waals surface area contributed by atoms with Gasteiger partial charge in [-0.05, 0) is 123 Å². The van der Waals surface area contributed by atoms with Gasteiger partial charge in [-0.15, -0.1) is 11.3 Å². The van der Waals surface area contributed by atoms with Crippen LogP contribution in [0.2, 0.25) is 0 Å². The molecule has 2 aliphatic rings. The average molecular weight is 807 g/mol. The van der Waals surface area contributed by atoms with E-state index in [1.165, 1.54) is 81.1 Å². The molecule has 0 saturated heterocycles. The number of fused-ring (bicyclic) bond motifs is 15. The average Bonchev–Trinajstić information content (AvgIpc) is 3.97. The number of hydrogen-bond donors (Lipinski definition) is 0. The Hall–Kier alpha value is -7.72. The minimum atomic E-state index is -0.602. The Kier molecular flexibility index (Phi) is 7.72. The van der Waals surface area contributed by atoms with Crippen LogP contribution in [0.3, 0.4) is 0 Å². The van der Waals surface area contributed by atoms with Gasteiger partial charge < -0.3 is 9.80 Å². The summed E-state index contributed by atoms with van der Waals surface area (Å²) in [7, 11) is 0. The van der Waals surface area contributed by atoms with Crippen LogP contribution in [-0.2, 0) is 5.41 Å². The molecule has 1 aromatic heterocycles. The van der Waals surface area contributed by atoms with Crippen LogP contribution in [0.5, 0.6) is 0 Å². The largest absolute Gasteiger partial charge is 0.310 e. The topological polar surface area (TPSA) is 6.48 Å². The van der Waals surface area contributed by atoms with Crippen molar-refractivity contribution in [2.75, 3.05) is 9.80 Å². The summed E-state index contributed by atoms with van der Waals surface area (Å²) in [6, 6.07) is 85.3. The molecule has 13 rings (SSSR count). The van der Waals surface area contributed by atoms with Gasteiger partial charge >= 0.3 is 0 Å². The highest BCUT2D eigenvalue weighted by molar-refractivity contribution is 7.25. The van der Waals surface area contributed by atoms with Crippen molar-refractivity contribution >= 4 is 76.4 Å². The third kappa shape index (κ3) is 4.97. The van der Waals surface area contributed by atoms with E-state index < -0.39 is 5.41 Å². The molecule has 10 aromatic carbocycles. The summed E-state index contributed by atoms with van der Waals surface area (Å²) in [6.45, 7) is 0. The van der Waals surface area contributed by atoms with E-state index >= 15 is 0 Å². The summed E-state index contributed by atoms with van der Waals surface area (Å²) in [6.07, 6.45) is 0. The van der Waals surface area contributed by atoms with Gasteiger partial charge in [-0.3, -0.25) is 0 Å². The molecule has 2 aliphatic carbocycles. The monoisotopic (exact) mass is 806 g/mol. The van der Waals surface area contributed by atoms with E-state index in [1.807, 2.05) is 11.3 Å². The summed E-state index contributed by atoms with van der Waals surface area (Å²) in [4.78, 5) is 4.91. The van der Waals surface area contributed by atoms with Gasteiger partial charge in [0.1, 0.15) is 0 Å². The lowest BCUT2D eigenvalue weighted by Crippen LogP contribution is -2.28. The normalized spacial score (nSPS) is 14.5. The minimum absolute atomic E-state index is 0.602. The molecule has 1 heterocycles. The van der Waals surface area contributed by atoms with Crippen LogP contribution >= 0.6 is 11.3 Å². The molecule has 0 radical (unpaired) electrons. The van der Waals surface area contributed by atoms with Crippen molar-refractivity contribution in [2.45, 2.75) is 5.41 Å². The molecule has 0 saturated carbocycles. The van der Waals surface area contributed by atoms with Crippen molar-refractivity contribution < 1.29 is 0 Å². The Balaban J connectivity index is 1.14. The second kappa shape index (κ2) is 13.7. The van der Waals surface area contributed by atoms with Crippen LogP contribution in [0.15, 0.2) is 231 Å². The molecule has 3 heteroatoms. The molecule has 290 valence electrons. The minimum Gasteiger partial charge on any atom is -0.310 e. The molecule has 0 amide bonds. The SMILES string of the molecule is c1ccc(N(c2ccccc2)c2ccc3c(c2)-c2ccccc2C32c3ccccc3-c3c2c(N(c2ccccc2)c2ccc4c(c2)sc2ccccc24)cc2ccccc32)cc1. The first-order valence-corrected chi connectivity index (χ1v) is 22.2. The van der Waals surface area contributed by atoms with Crippen molar-refractivity contribution in [1.82, 2.24) is 0 Å². The zero-order chi connectivity index (χ0) is 40.8. The summed E-state index contributed by atoms with van der Waals surface area (Å²) in [5, 5.41) is 5.10. The van der Waals surface area contributed by atoms with E-state index in [9.17, 15) is 0 Å². The van der Waals surface area contributed by atoms with Gasteiger partial charge in [0, 0.05) is 54.2 Å². The maximum Gasteiger partial charge on any atom is 0.0746 e. The number of para-hydroxylation sites is 3. The van der Waals surface area contributed by atoms with Crippen LogP contribution in [0.1, 0.15) is 22.3 Å². The van der Waals surface area contributed by atoms with Crippen molar-refractivity contribution in [3.8, 4) is 22.3 Å². The summed E-state index contributed by atoms with van der Waals surface area (Å²) < 4.78 is 2.59. The van der Waals surface area contributed by atoms with Crippen LogP contribution in [0.25, 0.3) is 53.2 Å². The molecule has 1 atom stereocenters. The molecule has 1 spiro atoms. The molecule has 0 aliphatic heterocycles. The molecular formula is C59H38N2S. The molecule has 2 nitrogen and oxygen atoms in total. The second-order valence-electron chi connectivity index (χ2n) is 16.4. The third-order valence-corrected chi connectivity index (χ3v) is 14.3. The van der Waals surface area contributed by atoms with Gasteiger partial charge in [0.25, 0.3) is 0 Å². The third-order valence-electron chi connectivity index (χ3n) is 13.2. The van der Waals surface area contributed by atoms with E-state index in [-0.39, 0.29) is 0 Å². The smallest absolute Gasteiger partial charge is 0.0746 e. The summed E-state index contributed by atoms with van der Waals surface area (Å²) in [5.74, 6) is 0. The van der Waals surface area contributed by atoms with E-state index in [1.54, 1.807) is 0 Å². The van der Waals surface area contributed by atoms with Gasteiger partial charge in [-0.2, -0.15) is 0 Å². The maximum absolute atomic E-state index is 2.53. The Morgan fingerprint density at radius 3 is 1.56 bits per heavy atom. The summed E-state index contributed by atoms with van der Waals surface area (Å²) >= 11 is 1.87. The maximum atomic E-state index is 2.53. The van der Waals surface area contributed by atoms with Gasteiger partial charge in [0.05, 0.1) is 11.1 Å². The lowest BCUT2D eigenvalue weighted by Gasteiger charge is -2.36. The van der Waals surface area contributed by atoms with E-state index in [0.29, 0.717) is 0 Å². The Morgan fingerprint density at radius 2 is 0.839 bits per heavy atom. The quantitative estimate of drug-likeness (QED) is 0.165. The number of hydrogen-bond acceptors (Lipinski definition) is 3. The van der Waals surface area contributed by atoms with E-state index in [4.69, 9.17) is 0 Å². The highest BCUT2D eigenvalue weighted by Gasteiger charge is 2.54. The molecule has 0 bridgehead atoms. The fourth-order valence-corrected chi connectivity index (χ4v) is 11.9. The molecular weight excluding hydrogens is 769 g/mol. The van der Waals surface area contributed by atoms with Crippen LogP contribution in [0, 0.1) is 0 Å². The highest BCUT2D eigenvalue weighted by atomic mass is 32.1. The fraction of sp³-hybridized carbons (Fsp3) is 0.0169. The fourth-order valence-electron chi connectivity index (χ4n) is 10.8. The van der Waals surface area contributed by atoms with Gasteiger partial charge in [0.2, 0.25) is 0 Å². The number of anilines is 6. The van der Waals surface area contributed by atoms with Crippen molar-refractivity contribution in [3.05, 3.63) is 253 Å². The van der Waals surface area contributed by atoms with E-state index in [0.717, 1.165) is 28.4 Å². The van der Waals surface area contributed by atoms with Crippen LogP contribution < -0.4 is 9.80 Å². The first kappa shape index (κ1) is 35.1. The molecule has 0 N–H and O–H groups in total. The Labute approximate surface area is 364 Å². The Morgan fingerprint density at radius 1 is 0.323 bits per heavy atom. The number of benzene rings is 10. The zero-order valence-corrected chi connectivity index (χ0v) is 34.6. The first-order valence-electron chi connectivity index (χ1n) is 21.3. The van der Waals surface area contributed by atoms with Gasteiger partial charge in [-0.25, -0.2) is 0 Å². The van der Waals surface area contributed by atoms with Crippen LogP contribution in [-0.4, -0.2) is 0 Å². The number of nitrogens with zero attached hydrogens (tertiary/aromatic N) is 2. The summed E-state index contributed by atoms with van der Waals surface area (Å²) in [5.41, 5.74) is 16.6. The number of thiophene rings is 1. The Bertz CT molecular complexity index is 3500. The van der Waals surface area contributed by atoms with Gasteiger partial charge in [-0.1, -0.05) is 158 Å².